The molecule has 2 N–H and O–H groups in total. The number of hydrogen-bond acceptors (Lipinski definition) is 13. The second kappa shape index (κ2) is 17.8. The number of nitrogens with one attached hydrogen (secondary N) is 2. The van der Waals surface area contributed by atoms with Crippen molar-refractivity contribution in [1.29, 1.82) is 0 Å². The number of carbonyl (C=O) groups excluding carboxylic acids is 3. The van der Waals surface area contributed by atoms with E-state index in [4.69, 9.17) is 19.6 Å². The molecule has 5 aromatic rings. The molecular formula is C50H61N11O5. The third-order valence-corrected chi connectivity index (χ3v) is 14.1. The summed E-state index contributed by atoms with van der Waals surface area (Å²) in [5, 5.41) is 11.7. The third-order valence-electron chi connectivity index (χ3n) is 14.1. The average molecular weight is 896 g/mol. The molecule has 5 aliphatic rings. The average Bonchev–Trinajstić information content (AvgIpc) is 3.63. The van der Waals surface area contributed by atoms with Crippen LogP contribution in [0.2, 0.25) is 0 Å². The van der Waals surface area contributed by atoms with Crippen LogP contribution in [0.15, 0.2) is 54.9 Å². The monoisotopic (exact) mass is 895 g/mol. The fourth-order valence-electron chi connectivity index (χ4n) is 10.6. The Morgan fingerprint density at radius 3 is 2.45 bits per heavy atom. The summed E-state index contributed by atoms with van der Waals surface area (Å²) in [5.74, 6) is 1.38. The minimum atomic E-state index is -0.615. The molecule has 66 heavy (non-hydrogen) atoms. The zero-order valence-electron chi connectivity index (χ0n) is 38.8. The van der Waals surface area contributed by atoms with E-state index in [1.165, 1.54) is 24.1 Å². The maximum Gasteiger partial charge on any atom is 0.415 e. The van der Waals surface area contributed by atoms with Crippen molar-refractivity contribution in [3.05, 3.63) is 82.9 Å². The van der Waals surface area contributed by atoms with Crippen molar-refractivity contribution in [2.24, 2.45) is 13.0 Å². The summed E-state index contributed by atoms with van der Waals surface area (Å²) >= 11 is 0. The second-order valence-corrected chi connectivity index (χ2v) is 19.7. The highest BCUT2D eigenvalue weighted by atomic mass is 16.6. The highest BCUT2D eigenvalue weighted by Gasteiger charge is 2.35. The smallest absolute Gasteiger partial charge is 0.415 e. The van der Waals surface area contributed by atoms with Gasteiger partial charge in [-0.2, -0.15) is 5.10 Å². The van der Waals surface area contributed by atoms with Gasteiger partial charge in [-0.15, -0.1) is 0 Å². The molecule has 5 aliphatic heterocycles. The van der Waals surface area contributed by atoms with Gasteiger partial charge in [0, 0.05) is 68.2 Å². The molecule has 10 rings (SSSR count). The van der Waals surface area contributed by atoms with Gasteiger partial charge in [0.05, 0.1) is 47.8 Å². The molecule has 0 bridgehead atoms. The van der Waals surface area contributed by atoms with Gasteiger partial charge >= 0.3 is 6.09 Å². The lowest BCUT2D eigenvalue weighted by atomic mass is 9.87. The topological polar surface area (TPSA) is 163 Å². The number of nitrogens with zero attached hydrogens (tertiary/aromatic N) is 9. The number of pyridine rings is 1. The van der Waals surface area contributed by atoms with Gasteiger partial charge < -0.3 is 29.5 Å². The van der Waals surface area contributed by atoms with Gasteiger partial charge in [0.1, 0.15) is 17.9 Å². The lowest BCUT2D eigenvalue weighted by Gasteiger charge is -2.38. The highest BCUT2D eigenvalue weighted by Crippen LogP contribution is 2.40. The Morgan fingerprint density at radius 2 is 1.70 bits per heavy atom. The molecule has 0 aliphatic carbocycles. The normalized spacial score (nSPS) is 19.9. The fraction of sp³-hybridized carbons (Fsp3) is 0.500. The molecule has 0 saturated carbocycles. The molecule has 3 aromatic heterocycles. The zero-order chi connectivity index (χ0) is 45.7. The number of rotatable bonds is 8. The molecule has 0 radical (unpaired) electrons. The van der Waals surface area contributed by atoms with Crippen LogP contribution in [0.4, 0.5) is 33.5 Å². The van der Waals surface area contributed by atoms with Gasteiger partial charge in [-0.3, -0.25) is 24.5 Å². The number of hydrogen-bond donors (Lipinski definition) is 2. The van der Waals surface area contributed by atoms with Crippen LogP contribution in [0, 0.1) is 12.8 Å². The maximum absolute atomic E-state index is 13.2. The van der Waals surface area contributed by atoms with Crippen LogP contribution >= 0.6 is 0 Å². The Kier molecular flexibility index (Phi) is 11.8. The van der Waals surface area contributed by atoms with Crippen LogP contribution in [0.1, 0.15) is 99.2 Å². The van der Waals surface area contributed by atoms with Gasteiger partial charge in [-0.1, -0.05) is 12.1 Å². The SMILES string of the molecule is Cc1c(N2CCc3cnc(Nc4ccc(N5CCC(CN6CCC(c7ccc8c(C9CCC(=O)NC9=O)nn(C)c8c7)CC6)CC5)cc4)nc3C2)cnc2c1N(C(=O)OC(C)(C)C)CCO2. The molecule has 3 fully saturated rings. The minimum Gasteiger partial charge on any atom is -0.474 e. The van der Waals surface area contributed by atoms with Crippen molar-refractivity contribution in [2.75, 3.05) is 72.4 Å². The number of fused-ring (bicyclic) bond motifs is 3. The van der Waals surface area contributed by atoms with Crippen molar-refractivity contribution in [1.82, 2.24) is 34.9 Å². The highest BCUT2D eigenvalue weighted by molar-refractivity contribution is 6.02. The largest absolute Gasteiger partial charge is 0.474 e. The molecule has 1 atom stereocenters. The number of piperidine rings is 3. The molecule has 3 saturated heterocycles. The Hall–Kier alpha value is -6.29. The van der Waals surface area contributed by atoms with Crippen molar-refractivity contribution in [3.63, 3.8) is 0 Å². The molecule has 346 valence electrons. The van der Waals surface area contributed by atoms with Gasteiger partial charge in [0.15, 0.2) is 0 Å². The van der Waals surface area contributed by atoms with E-state index >= 15 is 0 Å². The van der Waals surface area contributed by atoms with Gasteiger partial charge in [-0.05, 0) is 133 Å². The van der Waals surface area contributed by atoms with Crippen LogP contribution in [-0.4, -0.2) is 106 Å². The van der Waals surface area contributed by atoms with Crippen molar-refractivity contribution >= 4 is 57.5 Å². The predicted octanol–water partition coefficient (Wildman–Crippen LogP) is 7.12. The number of likely N-dealkylation sites (tertiary alicyclic amines) is 1. The van der Waals surface area contributed by atoms with E-state index in [-0.39, 0.29) is 17.7 Å². The zero-order valence-corrected chi connectivity index (χ0v) is 38.8. The van der Waals surface area contributed by atoms with E-state index in [1.807, 2.05) is 51.8 Å². The van der Waals surface area contributed by atoms with E-state index in [9.17, 15) is 14.4 Å². The number of aromatic nitrogens is 5. The van der Waals surface area contributed by atoms with Crippen molar-refractivity contribution in [3.8, 4) is 5.88 Å². The number of anilines is 5. The van der Waals surface area contributed by atoms with Crippen LogP contribution in [0.25, 0.3) is 10.9 Å². The third kappa shape index (κ3) is 8.99. The van der Waals surface area contributed by atoms with E-state index in [0.717, 1.165) is 103 Å². The van der Waals surface area contributed by atoms with Gasteiger partial charge in [-0.25, -0.2) is 19.7 Å². The molecule has 3 amide bonds. The van der Waals surface area contributed by atoms with Gasteiger partial charge in [0.25, 0.3) is 0 Å². The first-order chi connectivity index (χ1) is 31.8. The Balaban J connectivity index is 0.703. The van der Waals surface area contributed by atoms with Crippen molar-refractivity contribution < 1.29 is 23.9 Å². The number of aryl methyl sites for hydroxylation is 1. The first-order valence-electron chi connectivity index (χ1n) is 23.7. The number of benzene rings is 2. The first kappa shape index (κ1) is 43.6. The van der Waals surface area contributed by atoms with Crippen molar-refractivity contribution in [2.45, 2.75) is 96.6 Å². The van der Waals surface area contributed by atoms with Gasteiger partial charge in [0.2, 0.25) is 23.6 Å². The number of carbonyl (C=O) groups is 3. The van der Waals surface area contributed by atoms with E-state index in [0.29, 0.717) is 61.9 Å². The molecule has 16 nitrogen and oxygen atoms in total. The van der Waals surface area contributed by atoms with Crippen LogP contribution < -0.4 is 30.1 Å². The standard InChI is InChI=1S/C50H61N11O5/c1-31-42(28-51-47-45(31)61(24-25-65-47)49(64)66-50(2,3)4)60-23-18-35-27-52-48(54-40(35)30-60)53-36-7-9-37(10-8-36)59-21-14-32(15-22-59)29-58-19-16-33(17-20-58)34-6-11-38-41(26-34)57(5)56-44(38)39-12-13-43(62)55-46(39)63/h6-11,26-28,32-33,39H,12-25,29-30H2,1-5H3,(H,52,53,54)(H,55,62,63). The number of amides is 3. The molecule has 0 spiro atoms. The summed E-state index contributed by atoms with van der Waals surface area (Å²) in [6.07, 6.45) is 9.66. The lowest BCUT2D eigenvalue weighted by molar-refractivity contribution is -0.134. The summed E-state index contributed by atoms with van der Waals surface area (Å²) in [6.45, 7) is 15.2. The van der Waals surface area contributed by atoms with Crippen LogP contribution in [-0.2, 0) is 34.3 Å². The summed E-state index contributed by atoms with van der Waals surface area (Å²) < 4.78 is 13.5. The quantitative estimate of drug-likeness (QED) is 0.152. The lowest BCUT2D eigenvalue weighted by Crippen LogP contribution is -2.42. The fourth-order valence-corrected chi connectivity index (χ4v) is 10.6. The number of imide groups is 1. The summed E-state index contributed by atoms with van der Waals surface area (Å²) in [5.41, 5.74) is 9.35. The summed E-state index contributed by atoms with van der Waals surface area (Å²) in [7, 11) is 1.95. The van der Waals surface area contributed by atoms with E-state index < -0.39 is 11.7 Å². The summed E-state index contributed by atoms with van der Waals surface area (Å²) in [4.78, 5) is 60.9. The second-order valence-electron chi connectivity index (χ2n) is 19.7. The first-order valence-corrected chi connectivity index (χ1v) is 23.7. The minimum absolute atomic E-state index is 0.203. The number of ether oxygens (including phenoxy) is 2. The van der Waals surface area contributed by atoms with E-state index in [1.54, 1.807) is 4.90 Å². The molecule has 8 heterocycles. The molecule has 1 unspecified atom stereocenters. The predicted molar refractivity (Wildman–Crippen MR) is 254 cm³/mol. The maximum atomic E-state index is 13.2. The van der Waals surface area contributed by atoms with E-state index in [2.05, 4.69) is 77.8 Å². The van der Waals surface area contributed by atoms with Crippen LogP contribution in [0.5, 0.6) is 5.88 Å². The van der Waals surface area contributed by atoms with Crippen LogP contribution in [0.3, 0.4) is 0 Å². The molecule has 16 heteroatoms. The Bertz CT molecular complexity index is 2640. The molecular weight excluding hydrogens is 835 g/mol. The summed E-state index contributed by atoms with van der Waals surface area (Å²) in [6, 6.07) is 15.3. The Labute approximate surface area is 386 Å². The Morgan fingerprint density at radius 1 is 0.909 bits per heavy atom. The molecule has 2 aromatic carbocycles.